The molecule has 1 unspecified atom stereocenters. The molecule has 1 saturated heterocycles. The van der Waals surface area contributed by atoms with Gasteiger partial charge >= 0.3 is 12.0 Å². The number of ether oxygens (including phenoxy) is 1. The lowest BCUT2D eigenvalue weighted by atomic mass is 10.0. The molecular weight excluding hydrogens is 248 g/mol. The minimum atomic E-state index is -0.993. The zero-order valence-corrected chi connectivity index (χ0v) is 11.8. The van der Waals surface area contributed by atoms with Crippen molar-refractivity contribution in [3.05, 3.63) is 0 Å². The minimum Gasteiger partial charge on any atom is -0.480 e. The number of hydrogen-bond acceptors (Lipinski definition) is 3. The van der Waals surface area contributed by atoms with Crippen LogP contribution in [0.3, 0.4) is 0 Å². The number of amides is 2. The van der Waals surface area contributed by atoms with Gasteiger partial charge in [0.05, 0.1) is 6.61 Å². The number of hydrogen-bond donors (Lipinski definition) is 1. The van der Waals surface area contributed by atoms with Gasteiger partial charge in [-0.2, -0.15) is 0 Å². The molecule has 2 amide bonds. The highest BCUT2D eigenvalue weighted by Gasteiger charge is 2.24. The van der Waals surface area contributed by atoms with E-state index in [0.717, 1.165) is 19.3 Å². The Kier molecular flexibility index (Phi) is 6.62. The lowest BCUT2D eigenvalue weighted by Crippen LogP contribution is -2.47. The van der Waals surface area contributed by atoms with Crippen molar-refractivity contribution in [2.24, 2.45) is 5.92 Å². The largest absolute Gasteiger partial charge is 0.480 e. The molecule has 0 radical (unpaired) electrons. The normalized spacial score (nSPS) is 19.9. The van der Waals surface area contributed by atoms with E-state index in [1.165, 1.54) is 12.0 Å². The fourth-order valence-corrected chi connectivity index (χ4v) is 2.26. The molecule has 1 aliphatic rings. The van der Waals surface area contributed by atoms with E-state index in [1.807, 2.05) is 0 Å². The highest BCUT2D eigenvalue weighted by molar-refractivity contribution is 5.80. The van der Waals surface area contributed by atoms with Crippen LogP contribution in [0.1, 0.15) is 26.2 Å². The highest BCUT2D eigenvalue weighted by Crippen LogP contribution is 2.17. The zero-order chi connectivity index (χ0) is 14.3. The Morgan fingerprint density at radius 3 is 2.74 bits per heavy atom. The first-order chi connectivity index (χ1) is 9.04. The molecule has 19 heavy (non-hydrogen) atoms. The van der Waals surface area contributed by atoms with Crippen LogP contribution in [0.25, 0.3) is 0 Å². The Morgan fingerprint density at radius 1 is 1.37 bits per heavy atom. The van der Waals surface area contributed by atoms with Crippen molar-refractivity contribution in [1.82, 2.24) is 9.80 Å². The number of urea groups is 1. The number of nitrogens with zero attached hydrogens (tertiary/aromatic N) is 2. The van der Waals surface area contributed by atoms with Crippen molar-refractivity contribution in [3.8, 4) is 0 Å². The van der Waals surface area contributed by atoms with Crippen LogP contribution in [0.4, 0.5) is 4.79 Å². The maximum absolute atomic E-state index is 12.3. The molecule has 1 aliphatic heterocycles. The summed E-state index contributed by atoms with van der Waals surface area (Å²) in [5.41, 5.74) is 0. The fraction of sp³-hybridized carbons (Fsp3) is 0.846. The van der Waals surface area contributed by atoms with Crippen LogP contribution in [-0.2, 0) is 9.53 Å². The summed E-state index contributed by atoms with van der Waals surface area (Å²) in [5.74, 6) is -0.364. The number of carbonyl (C=O) groups is 2. The van der Waals surface area contributed by atoms with Gasteiger partial charge in [-0.05, 0) is 25.2 Å². The van der Waals surface area contributed by atoms with Crippen molar-refractivity contribution in [2.45, 2.75) is 26.2 Å². The van der Waals surface area contributed by atoms with E-state index in [9.17, 15) is 9.59 Å². The zero-order valence-electron chi connectivity index (χ0n) is 11.8. The molecule has 0 bridgehead atoms. The Hall–Kier alpha value is -1.30. The van der Waals surface area contributed by atoms with Crippen LogP contribution < -0.4 is 0 Å². The quantitative estimate of drug-likeness (QED) is 0.818. The van der Waals surface area contributed by atoms with Gasteiger partial charge in [0, 0.05) is 26.7 Å². The second-order valence-corrected chi connectivity index (χ2v) is 5.11. The molecule has 0 saturated carbocycles. The highest BCUT2D eigenvalue weighted by atomic mass is 16.5. The molecule has 6 heteroatoms. The van der Waals surface area contributed by atoms with Crippen LogP contribution in [0.5, 0.6) is 0 Å². The van der Waals surface area contributed by atoms with E-state index in [0.29, 0.717) is 32.2 Å². The van der Waals surface area contributed by atoms with Gasteiger partial charge in [0.2, 0.25) is 0 Å². The smallest absolute Gasteiger partial charge is 0.323 e. The summed E-state index contributed by atoms with van der Waals surface area (Å²) < 4.78 is 4.93. The first-order valence-electron chi connectivity index (χ1n) is 6.79. The van der Waals surface area contributed by atoms with Gasteiger partial charge in [0.15, 0.2) is 0 Å². The van der Waals surface area contributed by atoms with Crippen molar-refractivity contribution in [2.75, 3.05) is 39.9 Å². The molecule has 6 nitrogen and oxygen atoms in total. The lowest BCUT2D eigenvalue weighted by Gasteiger charge is -2.28. The number of likely N-dealkylation sites (tertiary alicyclic amines) is 1. The van der Waals surface area contributed by atoms with E-state index in [-0.39, 0.29) is 12.6 Å². The van der Waals surface area contributed by atoms with Crippen molar-refractivity contribution >= 4 is 12.0 Å². The molecule has 0 aromatic heterocycles. The summed E-state index contributed by atoms with van der Waals surface area (Å²) in [6, 6.07) is -0.187. The predicted molar refractivity (Wildman–Crippen MR) is 71.1 cm³/mol. The fourth-order valence-electron chi connectivity index (χ4n) is 2.26. The Bertz CT molecular complexity index is 309. The van der Waals surface area contributed by atoms with Crippen LogP contribution in [-0.4, -0.2) is 66.8 Å². The van der Waals surface area contributed by atoms with Gasteiger partial charge in [-0.25, -0.2) is 4.79 Å². The summed E-state index contributed by atoms with van der Waals surface area (Å²) in [5, 5.41) is 8.87. The Morgan fingerprint density at radius 2 is 2.11 bits per heavy atom. The number of methoxy groups -OCH3 is 1. The molecule has 1 rings (SSSR count). The molecule has 0 aromatic rings. The Balaban J connectivity index is 2.60. The molecule has 1 heterocycles. The van der Waals surface area contributed by atoms with E-state index in [4.69, 9.17) is 9.84 Å². The molecule has 110 valence electrons. The van der Waals surface area contributed by atoms with Gasteiger partial charge in [0.1, 0.15) is 6.54 Å². The van der Waals surface area contributed by atoms with Crippen molar-refractivity contribution < 1.29 is 19.4 Å². The average molecular weight is 272 g/mol. The Labute approximate surface area is 114 Å². The first kappa shape index (κ1) is 15.8. The third-order valence-electron chi connectivity index (χ3n) is 3.45. The molecule has 1 atom stereocenters. The van der Waals surface area contributed by atoms with E-state index in [1.54, 1.807) is 4.90 Å². The maximum Gasteiger partial charge on any atom is 0.323 e. The predicted octanol–water partition coefficient (Wildman–Crippen LogP) is 1.26. The van der Waals surface area contributed by atoms with Crippen LogP contribution in [0.2, 0.25) is 0 Å². The van der Waals surface area contributed by atoms with Crippen LogP contribution >= 0.6 is 0 Å². The summed E-state index contributed by atoms with van der Waals surface area (Å²) in [6.07, 6.45) is 3.09. The topological polar surface area (TPSA) is 70.1 Å². The molecular formula is C13H24N2O4. The van der Waals surface area contributed by atoms with Gasteiger partial charge in [-0.1, -0.05) is 6.92 Å². The summed E-state index contributed by atoms with van der Waals surface area (Å²) >= 11 is 0. The number of carbonyl (C=O) groups excluding carboxylic acids is 1. The average Bonchev–Trinajstić information content (AvgIpc) is 2.58. The van der Waals surface area contributed by atoms with Gasteiger partial charge in [-0.15, -0.1) is 0 Å². The van der Waals surface area contributed by atoms with Gasteiger partial charge < -0.3 is 19.6 Å². The number of rotatable bonds is 5. The maximum atomic E-state index is 12.3. The van der Waals surface area contributed by atoms with Gasteiger partial charge in [0.25, 0.3) is 0 Å². The standard InChI is InChI=1S/C13H24N2O4/c1-11-4-3-6-14(7-5-11)13(18)15(8-9-19-2)10-12(16)17/h11H,3-10H2,1-2H3,(H,16,17). The van der Waals surface area contributed by atoms with Crippen LogP contribution in [0.15, 0.2) is 0 Å². The van der Waals surface area contributed by atoms with E-state index < -0.39 is 5.97 Å². The minimum absolute atomic E-state index is 0.187. The van der Waals surface area contributed by atoms with Crippen molar-refractivity contribution in [3.63, 3.8) is 0 Å². The second-order valence-electron chi connectivity index (χ2n) is 5.11. The molecule has 0 aliphatic carbocycles. The molecule has 1 fully saturated rings. The molecule has 1 N–H and O–H groups in total. The third-order valence-corrected chi connectivity index (χ3v) is 3.45. The number of carboxylic acid groups (broad SMARTS) is 1. The van der Waals surface area contributed by atoms with E-state index in [2.05, 4.69) is 6.92 Å². The SMILES string of the molecule is COCCN(CC(=O)O)C(=O)N1CCCC(C)CC1. The van der Waals surface area contributed by atoms with Crippen LogP contribution in [0, 0.1) is 5.92 Å². The van der Waals surface area contributed by atoms with Crippen molar-refractivity contribution in [1.29, 1.82) is 0 Å². The first-order valence-corrected chi connectivity index (χ1v) is 6.79. The summed E-state index contributed by atoms with van der Waals surface area (Å²) in [4.78, 5) is 26.3. The monoisotopic (exact) mass is 272 g/mol. The lowest BCUT2D eigenvalue weighted by molar-refractivity contribution is -0.137. The number of aliphatic carboxylic acids is 1. The summed E-state index contributed by atoms with van der Waals surface area (Å²) in [7, 11) is 1.54. The second kappa shape index (κ2) is 7.99. The molecule has 0 spiro atoms. The summed E-state index contributed by atoms with van der Waals surface area (Å²) in [6.45, 7) is 4.01. The third kappa shape index (κ3) is 5.46. The van der Waals surface area contributed by atoms with Gasteiger partial charge in [-0.3, -0.25) is 4.79 Å². The molecule has 0 aromatic carbocycles. The van der Waals surface area contributed by atoms with E-state index >= 15 is 0 Å². The number of carboxylic acids is 1.